The van der Waals surface area contributed by atoms with E-state index in [1.54, 1.807) is 0 Å². The summed E-state index contributed by atoms with van der Waals surface area (Å²) >= 11 is 1.54. The molecule has 0 radical (unpaired) electrons. The molecule has 0 aliphatic heterocycles. The van der Waals surface area contributed by atoms with Gasteiger partial charge in [0.1, 0.15) is 0 Å². The van der Waals surface area contributed by atoms with Crippen molar-refractivity contribution in [2.24, 2.45) is 0 Å². The van der Waals surface area contributed by atoms with Gasteiger partial charge in [0.05, 0.1) is 11.4 Å². The molecule has 3 rings (SSSR count). The SMILES string of the molecule is Cc1nc(SCC(=O)Nc2ccc(N(C)C)cc2)n(C2CCCC2)c1C. The first-order valence-electron chi connectivity index (χ1n) is 9.21. The molecule has 0 bridgehead atoms. The molecule has 1 aromatic carbocycles. The third-order valence-corrected chi connectivity index (χ3v) is 6.00. The number of aryl methyl sites for hydroxylation is 1. The summed E-state index contributed by atoms with van der Waals surface area (Å²) in [6.45, 7) is 4.19. The van der Waals surface area contributed by atoms with Crippen LogP contribution in [0.2, 0.25) is 0 Å². The summed E-state index contributed by atoms with van der Waals surface area (Å²) in [6.07, 6.45) is 5.01. The van der Waals surface area contributed by atoms with Crippen LogP contribution in [0.1, 0.15) is 43.1 Å². The van der Waals surface area contributed by atoms with Crippen molar-refractivity contribution in [2.45, 2.75) is 50.7 Å². The molecule has 2 aromatic rings. The molecule has 1 heterocycles. The lowest BCUT2D eigenvalue weighted by molar-refractivity contribution is -0.113. The maximum absolute atomic E-state index is 12.3. The fourth-order valence-corrected chi connectivity index (χ4v) is 4.42. The normalized spacial score (nSPS) is 14.6. The van der Waals surface area contributed by atoms with E-state index in [4.69, 9.17) is 4.98 Å². The number of hydrogen-bond donors (Lipinski definition) is 1. The van der Waals surface area contributed by atoms with Crippen molar-refractivity contribution in [3.63, 3.8) is 0 Å². The zero-order valence-corrected chi connectivity index (χ0v) is 16.9. The maximum atomic E-state index is 12.3. The van der Waals surface area contributed by atoms with Crippen LogP contribution in [0.25, 0.3) is 0 Å². The van der Waals surface area contributed by atoms with Crippen molar-refractivity contribution < 1.29 is 4.79 Å². The number of hydrogen-bond acceptors (Lipinski definition) is 4. The second-order valence-corrected chi connectivity index (χ2v) is 8.09. The Kier molecular flexibility index (Phi) is 5.91. The van der Waals surface area contributed by atoms with E-state index < -0.39 is 0 Å². The van der Waals surface area contributed by atoms with Crippen LogP contribution < -0.4 is 10.2 Å². The summed E-state index contributed by atoms with van der Waals surface area (Å²) in [5.74, 6) is 0.377. The molecule has 0 spiro atoms. The molecular weight excluding hydrogens is 344 g/mol. The lowest BCUT2D eigenvalue weighted by atomic mass is 10.2. The number of carbonyl (C=O) groups is 1. The summed E-state index contributed by atoms with van der Waals surface area (Å²) in [5.41, 5.74) is 4.24. The molecule has 5 nitrogen and oxygen atoms in total. The molecule has 1 aliphatic carbocycles. The molecule has 6 heteroatoms. The van der Waals surface area contributed by atoms with E-state index >= 15 is 0 Å². The predicted molar refractivity (Wildman–Crippen MR) is 109 cm³/mol. The Balaban J connectivity index is 1.62. The third-order valence-electron chi connectivity index (χ3n) is 5.04. The highest BCUT2D eigenvalue weighted by Gasteiger charge is 2.23. The fourth-order valence-electron chi connectivity index (χ4n) is 3.46. The Morgan fingerprint density at radius 2 is 1.88 bits per heavy atom. The first kappa shape index (κ1) is 18.8. The van der Waals surface area contributed by atoms with Gasteiger partial charge >= 0.3 is 0 Å². The van der Waals surface area contributed by atoms with Gasteiger partial charge < -0.3 is 14.8 Å². The highest BCUT2D eigenvalue weighted by molar-refractivity contribution is 7.99. The van der Waals surface area contributed by atoms with E-state index in [-0.39, 0.29) is 5.91 Å². The zero-order valence-electron chi connectivity index (χ0n) is 16.1. The van der Waals surface area contributed by atoms with Gasteiger partial charge in [0.2, 0.25) is 5.91 Å². The van der Waals surface area contributed by atoms with E-state index in [2.05, 4.69) is 23.7 Å². The van der Waals surface area contributed by atoms with Gasteiger partial charge in [-0.1, -0.05) is 24.6 Å². The minimum Gasteiger partial charge on any atom is -0.378 e. The third kappa shape index (κ3) is 4.23. The number of imidazole rings is 1. The van der Waals surface area contributed by atoms with Gasteiger partial charge in [0.15, 0.2) is 5.16 Å². The van der Waals surface area contributed by atoms with Gasteiger partial charge in [-0.25, -0.2) is 4.98 Å². The van der Waals surface area contributed by atoms with Gasteiger partial charge in [-0.3, -0.25) is 4.79 Å². The first-order chi connectivity index (χ1) is 12.5. The van der Waals surface area contributed by atoms with Crippen LogP contribution in [0.5, 0.6) is 0 Å². The minimum atomic E-state index is 0.00359. The van der Waals surface area contributed by atoms with E-state index in [1.807, 2.05) is 43.3 Å². The molecule has 0 atom stereocenters. The average Bonchev–Trinajstić information content (AvgIpc) is 3.22. The van der Waals surface area contributed by atoms with Crippen molar-refractivity contribution in [2.75, 3.05) is 30.1 Å². The van der Waals surface area contributed by atoms with Crippen LogP contribution in [-0.2, 0) is 4.79 Å². The lowest BCUT2D eigenvalue weighted by Crippen LogP contribution is -2.15. The Hall–Kier alpha value is -1.95. The van der Waals surface area contributed by atoms with Crippen molar-refractivity contribution >= 4 is 29.0 Å². The second-order valence-electron chi connectivity index (χ2n) is 7.15. The maximum Gasteiger partial charge on any atom is 0.234 e. The molecule has 0 saturated heterocycles. The van der Waals surface area contributed by atoms with E-state index in [0.29, 0.717) is 11.8 Å². The van der Waals surface area contributed by atoms with E-state index in [0.717, 1.165) is 22.2 Å². The number of anilines is 2. The number of aromatic nitrogens is 2. The summed E-state index contributed by atoms with van der Waals surface area (Å²) in [4.78, 5) is 19.1. The molecule has 26 heavy (non-hydrogen) atoms. The quantitative estimate of drug-likeness (QED) is 0.763. The molecule has 1 N–H and O–H groups in total. The number of nitrogens with zero attached hydrogens (tertiary/aromatic N) is 3. The highest BCUT2D eigenvalue weighted by Crippen LogP contribution is 2.35. The topological polar surface area (TPSA) is 50.2 Å². The van der Waals surface area contributed by atoms with Crippen molar-refractivity contribution in [1.29, 1.82) is 0 Å². The van der Waals surface area contributed by atoms with Crippen LogP contribution in [0, 0.1) is 13.8 Å². The Bertz CT molecular complexity index is 761. The standard InChI is InChI=1S/C20H28N4OS/c1-14-15(2)24(18-7-5-6-8-18)20(21-14)26-13-19(25)22-16-9-11-17(12-10-16)23(3)4/h9-12,18H,5-8,13H2,1-4H3,(H,22,25). The molecule has 1 saturated carbocycles. The summed E-state index contributed by atoms with van der Waals surface area (Å²) in [5, 5.41) is 3.95. The second kappa shape index (κ2) is 8.16. The Morgan fingerprint density at radius 3 is 2.50 bits per heavy atom. The molecule has 1 aliphatic rings. The average molecular weight is 373 g/mol. The monoisotopic (exact) mass is 372 g/mol. The van der Waals surface area contributed by atoms with Crippen LogP contribution in [-0.4, -0.2) is 35.3 Å². The number of benzene rings is 1. The van der Waals surface area contributed by atoms with Gasteiger partial charge in [-0.15, -0.1) is 0 Å². The van der Waals surface area contributed by atoms with Crippen molar-refractivity contribution in [1.82, 2.24) is 9.55 Å². The number of amides is 1. The number of carbonyl (C=O) groups excluding carboxylic acids is 1. The summed E-state index contributed by atoms with van der Waals surface area (Å²) in [7, 11) is 4.00. The fraction of sp³-hybridized carbons (Fsp3) is 0.500. The smallest absolute Gasteiger partial charge is 0.234 e. The van der Waals surface area contributed by atoms with Crippen LogP contribution in [0.15, 0.2) is 29.4 Å². The summed E-state index contributed by atoms with van der Waals surface area (Å²) < 4.78 is 2.35. The van der Waals surface area contributed by atoms with Crippen molar-refractivity contribution in [3.05, 3.63) is 35.7 Å². The predicted octanol–water partition coefficient (Wildman–Crippen LogP) is 4.41. The lowest BCUT2D eigenvalue weighted by Gasteiger charge is -2.17. The Labute approximate surface area is 160 Å². The summed E-state index contributed by atoms with van der Waals surface area (Å²) in [6, 6.07) is 8.42. The van der Waals surface area contributed by atoms with Gasteiger partial charge in [-0.05, 0) is 51.0 Å². The zero-order chi connectivity index (χ0) is 18.7. The Morgan fingerprint density at radius 1 is 1.23 bits per heavy atom. The van der Waals surface area contributed by atoms with Crippen LogP contribution in [0.3, 0.4) is 0 Å². The van der Waals surface area contributed by atoms with E-state index in [1.165, 1.54) is 43.1 Å². The van der Waals surface area contributed by atoms with Gasteiger partial charge in [0, 0.05) is 37.2 Å². The molecule has 0 unspecified atom stereocenters. The van der Waals surface area contributed by atoms with Gasteiger partial charge in [-0.2, -0.15) is 0 Å². The number of rotatable bonds is 6. The van der Waals surface area contributed by atoms with Crippen LogP contribution in [0.4, 0.5) is 11.4 Å². The number of nitrogens with one attached hydrogen (secondary N) is 1. The molecule has 1 amide bonds. The number of thioether (sulfide) groups is 1. The first-order valence-corrected chi connectivity index (χ1v) is 10.2. The molecule has 1 fully saturated rings. The van der Waals surface area contributed by atoms with Crippen LogP contribution >= 0.6 is 11.8 Å². The van der Waals surface area contributed by atoms with Gasteiger partial charge in [0.25, 0.3) is 0 Å². The minimum absolute atomic E-state index is 0.00359. The highest BCUT2D eigenvalue weighted by atomic mass is 32.2. The van der Waals surface area contributed by atoms with Crippen molar-refractivity contribution in [3.8, 4) is 0 Å². The molecular formula is C20H28N4OS. The molecule has 140 valence electrons. The largest absolute Gasteiger partial charge is 0.378 e. The van der Waals surface area contributed by atoms with E-state index in [9.17, 15) is 4.79 Å². The molecule has 1 aromatic heterocycles.